The van der Waals surface area contributed by atoms with Gasteiger partial charge in [-0.3, -0.25) is 0 Å². The van der Waals surface area contributed by atoms with Gasteiger partial charge in [-0.05, 0) is 61.8 Å². The summed E-state index contributed by atoms with van der Waals surface area (Å²) in [6, 6.07) is 6.17. The number of halogens is 1. The van der Waals surface area contributed by atoms with Gasteiger partial charge < -0.3 is 5.32 Å². The van der Waals surface area contributed by atoms with Crippen molar-refractivity contribution >= 4 is 0 Å². The fraction of sp³-hybridized carbons (Fsp3) is 0.571. The molecule has 2 heteroatoms. The molecule has 1 nitrogen and oxygen atoms in total. The van der Waals surface area contributed by atoms with E-state index in [1.54, 1.807) is 6.07 Å². The minimum atomic E-state index is 0.000182. The molecule has 0 radical (unpaired) electrons. The van der Waals surface area contributed by atoms with E-state index in [0.29, 0.717) is 12.0 Å². The lowest BCUT2D eigenvalue weighted by Gasteiger charge is -2.30. The van der Waals surface area contributed by atoms with Crippen LogP contribution >= 0.6 is 0 Å². The van der Waals surface area contributed by atoms with E-state index in [1.807, 2.05) is 6.07 Å². The van der Waals surface area contributed by atoms with E-state index in [4.69, 9.17) is 0 Å². The third-order valence-corrected chi connectivity index (χ3v) is 4.08. The predicted molar refractivity (Wildman–Crippen MR) is 63.1 cm³/mol. The Morgan fingerprint density at radius 1 is 1.19 bits per heavy atom. The summed E-state index contributed by atoms with van der Waals surface area (Å²) in [5, 5.41) is 3.56. The fourth-order valence-corrected chi connectivity index (χ4v) is 3.31. The second kappa shape index (κ2) is 4.17. The van der Waals surface area contributed by atoms with Gasteiger partial charge in [0.25, 0.3) is 0 Å². The van der Waals surface area contributed by atoms with Crippen LogP contribution < -0.4 is 5.32 Å². The van der Waals surface area contributed by atoms with E-state index in [2.05, 4.69) is 11.4 Å². The molecule has 1 fully saturated rings. The van der Waals surface area contributed by atoms with Gasteiger partial charge in [-0.25, -0.2) is 4.39 Å². The molecule has 2 atom stereocenters. The lowest BCUT2D eigenvalue weighted by atomic mass is 9.78. The van der Waals surface area contributed by atoms with Gasteiger partial charge in [0.05, 0.1) is 0 Å². The normalized spacial score (nSPS) is 29.1. The molecule has 1 aromatic carbocycles. The monoisotopic (exact) mass is 219 g/mol. The fourth-order valence-electron chi connectivity index (χ4n) is 3.31. The molecule has 1 heterocycles. The van der Waals surface area contributed by atoms with Crippen molar-refractivity contribution in [2.75, 3.05) is 6.54 Å². The van der Waals surface area contributed by atoms with E-state index in [9.17, 15) is 4.39 Å². The van der Waals surface area contributed by atoms with Crippen molar-refractivity contribution in [1.29, 1.82) is 0 Å². The zero-order valence-electron chi connectivity index (χ0n) is 9.51. The first-order valence-electron chi connectivity index (χ1n) is 6.37. The van der Waals surface area contributed by atoms with E-state index >= 15 is 0 Å². The maximum absolute atomic E-state index is 13.7. The molecule has 0 saturated carbocycles. The van der Waals surface area contributed by atoms with Crippen molar-refractivity contribution in [3.05, 3.63) is 35.1 Å². The Morgan fingerprint density at radius 2 is 2.12 bits per heavy atom. The molecule has 1 aliphatic heterocycles. The van der Waals surface area contributed by atoms with Gasteiger partial charge >= 0.3 is 0 Å². The van der Waals surface area contributed by atoms with Crippen LogP contribution in [0.3, 0.4) is 0 Å². The van der Waals surface area contributed by atoms with E-state index in [-0.39, 0.29) is 5.82 Å². The summed E-state index contributed by atoms with van der Waals surface area (Å²) in [5.41, 5.74) is 2.25. The summed E-state index contributed by atoms with van der Waals surface area (Å²) in [6.07, 6.45) is 5.79. The summed E-state index contributed by atoms with van der Waals surface area (Å²) in [6.45, 7) is 1.13. The average Bonchev–Trinajstić information content (AvgIpc) is 2.82. The number of rotatable bonds is 1. The number of hydrogen-bond donors (Lipinski definition) is 1. The van der Waals surface area contributed by atoms with Gasteiger partial charge in [-0.2, -0.15) is 0 Å². The number of fused-ring (bicyclic) bond motifs is 1. The number of benzene rings is 1. The molecule has 1 aromatic rings. The van der Waals surface area contributed by atoms with Crippen molar-refractivity contribution < 1.29 is 4.39 Å². The van der Waals surface area contributed by atoms with Crippen LogP contribution in [0, 0.1) is 5.82 Å². The molecular weight excluding hydrogens is 201 g/mol. The van der Waals surface area contributed by atoms with Gasteiger partial charge in [0, 0.05) is 6.04 Å². The highest BCUT2D eigenvalue weighted by atomic mass is 19.1. The Hall–Kier alpha value is -0.890. The highest BCUT2D eigenvalue weighted by Gasteiger charge is 2.30. The van der Waals surface area contributed by atoms with Crippen LogP contribution in [0.4, 0.5) is 4.39 Å². The molecule has 3 rings (SSSR count). The van der Waals surface area contributed by atoms with Crippen LogP contribution in [0.15, 0.2) is 18.2 Å². The van der Waals surface area contributed by atoms with Crippen molar-refractivity contribution in [3.63, 3.8) is 0 Å². The standard InChI is InChI=1S/C14H18FN/c15-13-7-2-4-10-11(13)5-1-6-12(10)14-8-3-9-16-14/h2,4,7,12,14,16H,1,3,5-6,8-9H2. The second-order valence-electron chi connectivity index (χ2n) is 5.01. The molecule has 86 valence electrons. The molecule has 0 bridgehead atoms. The van der Waals surface area contributed by atoms with Crippen LogP contribution in [0.5, 0.6) is 0 Å². The second-order valence-corrected chi connectivity index (χ2v) is 5.01. The van der Waals surface area contributed by atoms with Gasteiger partial charge in [0.1, 0.15) is 5.82 Å². The summed E-state index contributed by atoms with van der Waals surface area (Å²) in [7, 11) is 0. The van der Waals surface area contributed by atoms with Gasteiger partial charge in [0.15, 0.2) is 0 Å². The summed E-state index contributed by atoms with van der Waals surface area (Å²) in [4.78, 5) is 0. The zero-order chi connectivity index (χ0) is 11.0. The van der Waals surface area contributed by atoms with E-state index in [1.165, 1.54) is 24.8 Å². The summed E-state index contributed by atoms with van der Waals surface area (Å²) < 4.78 is 13.7. The first-order valence-corrected chi connectivity index (χ1v) is 6.37. The Bertz CT molecular complexity index is 382. The molecule has 1 saturated heterocycles. The Morgan fingerprint density at radius 3 is 2.94 bits per heavy atom. The third kappa shape index (κ3) is 1.65. The smallest absolute Gasteiger partial charge is 0.126 e. The first-order chi connectivity index (χ1) is 7.86. The Kier molecular flexibility index (Phi) is 2.68. The maximum atomic E-state index is 13.7. The predicted octanol–water partition coefficient (Wildman–Crippen LogP) is 3.00. The zero-order valence-corrected chi connectivity index (χ0v) is 9.51. The van der Waals surface area contributed by atoms with Crippen molar-refractivity contribution in [1.82, 2.24) is 5.32 Å². The number of hydrogen-bond acceptors (Lipinski definition) is 1. The van der Waals surface area contributed by atoms with Crippen LogP contribution in [0.1, 0.15) is 42.7 Å². The van der Waals surface area contributed by atoms with Gasteiger partial charge in [-0.1, -0.05) is 12.1 Å². The SMILES string of the molecule is Fc1cccc2c1CCCC2C1CCCN1. The van der Waals surface area contributed by atoms with Crippen LogP contribution in [0.25, 0.3) is 0 Å². The lowest BCUT2D eigenvalue weighted by Crippen LogP contribution is -2.31. The van der Waals surface area contributed by atoms with Crippen LogP contribution in [-0.2, 0) is 6.42 Å². The van der Waals surface area contributed by atoms with Crippen LogP contribution in [-0.4, -0.2) is 12.6 Å². The molecule has 1 aliphatic carbocycles. The van der Waals surface area contributed by atoms with Crippen LogP contribution in [0.2, 0.25) is 0 Å². The van der Waals surface area contributed by atoms with Crippen molar-refractivity contribution in [2.24, 2.45) is 0 Å². The molecule has 0 amide bonds. The van der Waals surface area contributed by atoms with Crippen molar-refractivity contribution in [3.8, 4) is 0 Å². The topological polar surface area (TPSA) is 12.0 Å². The molecule has 2 unspecified atom stereocenters. The summed E-state index contributed by atoms with van der Waals surface area (Å²) >= 11 is 0. The lowest BCUT2D eigenvalue weighted by molar-refractivity contribution is 0.424. The molecule has 2 aliphatic rings. The molecule has 0 aromatic heterocycles. The minimum absolute atomic E-state index is 0.000182. The third-order valence-electron chi connectivity index (χ3n) is 4.08. The molecule has 0 spiro atoms. The van der Waals surface area contributed by atoms with E-state index in [0.717, 1.165) is 24.9 Å². The molecular formula is C14H18FN. The van der Waals surface area contributed by atoms with Gasteiger partial charge in [0.2, 0.25) is 0 Å². The minimum Gasteiger partial charge on any atom is -0.313 e. The quantitative estimate of drug-likeness (QED) is 0.765. The molecule has 1 N–H and O–H groups in total. The largest absolute Gasteiger partial charge is 0.313 e. The molecule has 16 heavy (non-hydrogen) atoms. The maximum Gasteiger partial charge on any atom is 0.126 e. The highest BCUT2D eigenvalue weighted by molar-refractivity contribution is 5.35. The highest BCUT2D eigenvalue weighted by Crippen LogP contribution is 2.37. The summed E-state index contributed by atoms with van der Waals surface area (Å²) in [5.74, 6) is 0.544. The first kappa shape index (κ1) is 10.3. The van der Waals surface area contributed by atoms with Crippen molar-refractivity contribution in [2.45, 2.75) is 44.1 Å². The average molecular weight is 219 g/mol. The Labute approximate surface area is 96.1 Å². The van der Waals surface area contributed by atoms with E-state index < -0.39 is 0 Å². The van der Waals surface area contributed by atoms with Gasteiger partial charge in [-0.15, -0.1) is 0 Å². The number of nitrogens with one attached hydrogen (secondary N) is 1. The Balaban J connectivity index is 1.96.